The number of nitrogens with zero attached hydrogens (tertiary/aromatic N) is 2. The Morgan fingerprint density at radius 3 is 2.65 bits per heavy atom. The molecule has 0 bridgehead atoms. The molecule has 3 aromatic rings. The second kappa shape index (κ2) is 11.8. The summed E-state index contributed by atoms with van der Waals surface area (Å²) in [6.45, 7) is 4.74. The van der Waals surface area contributed by atoms with Crippen molar-refractivity contribution >= 4 is 29.0 Å². The number of hydrogen-bond donors (Lipinski definition) is 3. The highest BCUT2D eigenvalue weighted by atomic mass is 32.1. The lowest BCUT2D eigenvalue weighted by Crippen LogP contribution is -2.49. The van der Waals surface area contributed by atoms with Crippen LogP contribution in [0.3, 0.4) is 0 Å². The van der Waals surface area contributed by atoms with Crippen molar-refractivity contribution in [2.75, 3.05) is 45.1 Å². The number of piperazine rings is 1. The molecule has 4 rings (SSSR count). The lowest BCUT2D eigenvalue weighted by atomic mass is 10.0. The van der Waals surface area contributed by atoms with Crippen LogP contribution in [0.5, 0.6) is 0 Å². The lowest BCUT2D eigenvalue weighted by molar-refractivity contribution is 0.0913. The van der Waals surface area contributed by atoms with Crippen molar-refractivity contribution in [1.82, 2.24) is 20.4 Å². The number of amides is 3. The molecule has 178 valence electrons. The van der Waals surface area contributed by atoms with Gasteiger partial charge in [-0.05, 0) is 42.3 Å². The summed E-state index contributed by atoms with van der Waals surface area (Å²) in [5.74, 6) is -0.167. The van der Waals surface area contributed by atoms with Crippen molar-refractivity contribution < 1.29 is 9.59 Å². The lowest BCUT2D eigenvalue weighted by Gasteiger charge is -2.40. The van der Waals surface area contributed by atoms with E-state index in [-0.39, 0.29) is 11.9 Å². The predicted molar refractivity (Wildman–Crippen MR) is 137 cm³/mol. The number of urea groups is 1. The van der Waals surface area contributed by atoms with Crippen LogP contribution in [-0.2, 0) is 6.54 Å². The van der Waals surface area contributed by atoms with Gasteiger partial charge in [0, 0.05) is 54.9 Å². The summed E-state index contributed by atoms with van der Waals surface area (Å²) in [4.78, 5) is 30.8. The number of benzene rings is 2. The minimum absolute atomic E-state index is 0.167. The predicted octanol–water partition coefficient (Wildman–Crippen LogP) is 3.79. The standard InChI is InChI=1S/C26H31N5O2S/c1-30-14-15-31(24(19-30)20-7-3-2-4-8-20)13-12-27-26(33)29-22-10-5-9-21(17-22)25(32)28-18-23-11-6-16-34-23/h2-11,16-17,24H,12-15,18-19H2,1H3,(H,28,32)(H2,27,29,33). The maximum atomic E-state index is 12.5. The molecule has 1 saturated heterocycles. The molecule has 1 unspecified atom stereocenters. The van der Waals surface area contributed by atoms with Crippen molar-refractivity contribution in [3.05, 3.63) is 88.1 Å². The Morgan fingerprint density at radius 2 is 1.85 bits per heavy atom. The van der Waals surface area contributed by atoms with Crippen molar-refractivity contribution in [2.45, 2.75) is 12.6 Å². The van der Waals surface area contributed by atoms with Gasteiger partial charge in [-0.3, -0.25) is 9.69 Å². The van der Waals surface area contributed by atoms with E-state index in [1.807, 2.05) is 23.6 Å². The van der Waals surface area contributed by atoms with E-state index in [1.165, 1.54) is 5.56 Å². The highest BCUT2D eigenvalue weighted by Crippen LogP contribution is 2.24. The van der Waals surface area contributed by atoms with Crippen molar-refractivity contribution in [2.24, 2.45) is 0 Å². The van der Waals surface area contributed by atoms with Gasteiger partial charge in [0.1, 0.15) is 0 Å². The summed E-state index contributed by atoms with van der Waals surface area (Å²) in [5.41, 5.74) is 2.40. The van der Waals surface area contributed by atoms with Gasteiger partial charge in [0.15, 0.2) is 0 Å². The minimum atomic E-state index is -0.276. The highest BCUT2D eigenvalue weighted by molar-refractivity contribution is 7.09. The second-order valence-corrected chi connectivity index (χ2v) is 9.48. The zero-order chi connectivity index (χ0) is 23.8. The Hall–Kier alpha value is -3.20. The number of nitrogens with one attached hydrogen (secondary N) is 3. The van der Waals surface area contributed by atoms with Gasteiger partial charge in [-0.15, -0.1) is 11.3 Å². The van der Waals surface area contributed by atoms with E-state index in [0.29, 0.717) is 30.4 Å². The molecule has 8 heteroatoms. The molecule has 3 N–H and O–H groups in total. The topological polar surface area (TPSA) is 76.7 Å². The van der Waals surface area contributed by atoms with E-state index in [4.69, 9.17) is 0 Å². The summed E-state index contributed by atoms with van der Waals surface area (Å²) in [5, 5.41) is 10.7. The molecule has 0 saturated carbocycles. The summed E-state index contributed by atoms with van der Waals surface area (Å²) in [6.07, 6.45) is 0. The number of hydrogen-bond acceptors (Lipinski definition) is 5. The van der Waals surface area contributed by atoms with Gasteiger partial charge in [-0.1, -0.05) is 42.5 Å². The van der Waals surface area contributed by atoms with Gasteiger partial charge in [-0.25, -0.2) is 4.79 Å². The van der Waals surface area contributed by atoms with Crippen LogP contribution in [0.25, 0.3) is 0 Å². The van der Waals surface area contributed by atoms with E-state index >= 15 is 0 Å². The first kappa shape index (κ1) is 23.9. The van der Waals surface area contributed by atoms with Crippen LogP contribution in [0.15, 0.2) is 72.1 Å². The van der Waals surface area contributed by atoms with E-state index in [2.05, 4.69) is 57.1 Å². The van der Waals surface area contributed by atoms with Gasteiger partial charge in [-0.2, -0.15) is 0 Å². The third-order valence-electron chi connectivity index (χ3n) is 5.95. The van der Waals surface area contributed by atoms with Crippen LogP contribution < -0.4 is 16.0 Å². The first-order chi connectivity index (χ1) is 16.6. The maximum Gasteiger partial charge on any atom is 0.319 e. The number of carbonyl (C=O) groups is 2. The Morgan fingerprint density at radius 1 is 1.00 bits per heavy atom. The summed E-state index contributed by atoms with van der Waals surface area (Å²) in [7, 11) is 2.15. The Labute approximate surface area is 204 Å². The fourth-order valence-corrected chi connectivity index (χ4v) is 4.77. The smallest absolute Gasteiger partial charge is 0.319 e. The highest BCUT2D eigenvalue weighted by Gasteiger charge is 2.26. The molecule has 2 heterocycles. The normalized spacial score (nSPS) is 16.7. The SMILES string of the molecule is CN1CCN(CCNC(=O)Nc2cccc(C(=O)NCc3cccs3)c2)C(c2ccccc2)C1. The van der Waals surface area contributed by atoms with Gasteiger partial charge >= 0.3 is 6.03 Å². The molecule has 0 spiro atoms. The Bertz CT molecular complexity index is 1070. The molecule has 0 radical (unpaired) electrons. The summed E-state index contributed by atoms with van der Waals surface area (Å²) < 4.78 is 0. The number of likely N-dealkylation sites (N-methyl/N-ethyl adjacent to an activating group) is 1. The Kier molecular flexibility index (Phi) is 8.30. The zero-order valence-corrected chi connectivity index (χ0v) is 20.2. The van der Waals surface area contributed by atoms with Gasteiger partial charge in [0.05, 0.1) is 6.54 Å². The maximum absolute atomic E-state index is 12.5. The summed E-state index contributed by atoms with van der Waals surface area (Å²) in [6, 6.07) is 21.5. The van der Waals surface area contributed by atoms with E-state index in [0.717, 1.165) is 31.1 Å². The molecule has 1 aromatic heterocycles. The van der Waals surface area contributed by atoms with Crippen LogP contribution in [0.2, 0.25) is 0 Å². The molecule has 34 heavy (non-hydrogen) atoms. The number of thiophene rings is 1. The molecule has 1 aliphatic heterocycles. The Balaban J connectivity index is 1.26. The van der Waals surface area contributed by atoms with Gasteiger partial charge < -0.3 is 20.9 Å². The van der Waals surface area contributed by atoms with Crippen molar-refractivity contribution in [3.8, 4) is 0 Å². The zero-order valence-electron chi connectivity index (χ0n) is 19.4. The molecular weight excluding hydrogens is 446 g/mol. The second-order valence-electron chi connectivity index (χ2n) is 8.45. The average Bonchev–Trinajstić information content (AvgIpc) is 3.38. The molecule has 7 nitrogen and oxygen atoms in total. The van der Waals surface area contributed by atoms with Gasteiger partial charge in [0.2, 0.25) is 0 Å². The van der Waals surface area contributed by atoms with E-state index in [9.17, 15) is 9.59 Å². The fourth-order valence-electron chi connectivity index (χ4n) is 4.13. The van der Waals surface area contributed by atoms with Crippen LogP contribution in [0.1, 0.15) is 26.8 Å². The molecular formula is C26H31N5O2S. The van der Waals surface area contributed by atoms with E-state index in [1.54, 1.807) is 35.6 Å². The fraction of sp³-hybridized carbons (Fsp3) is 0.308. The number of carbonyl (C=O) groups excluding carboxylic acids is 2. The average molecular weight is 478 g/mol. The molecule has 1 atom stereocenters. The monoisotopic (exact) mass is 477 g/mol. The number of rotatable bonds is 8. The van der Waals surface area contributed by atoms with Crippen LogP contribution in [-0.4, -0.2) is 61.5 Å². The van der Waals surface area contributed by atoms with Crippen LogP contribution in [0.4, 0.5) is 10.5 Å². The first-order valence-corrected chi connectivity index (χ1v) is 12.4. The van der Waals surface area contributed by atoms with Crippen LogP contribution in [0, 0.1) is 0 Å². The minimum Gasteiger partial charge on any atom is -0.347 e. The molecule has 2 aromatic carbocycles. The quantitative estimate of drug-likeness (QED) is 0.461. The first-order valence-electron chi connectivity index (χ1n) is 11.5. The number of anilines is 1. The molecule has 0 aliphatic carbocycles. The van der Waals surface area contributed by atoms with Crippen LogP contribution >= 0.6 is 11.3 Å². The summed E-state index contributed by atoms with van der Waals surface area (Å²) >= 11 is 1.60. The third kappa shape index (κ3) is 6.66. The largest absolute Gasteiger partial charge is 0.347 e. The van der Waals surface area contributed by atoms with E-state index < -0.39 is 0 Å². The van der Waals surface area contributed by atoms with Crippen molar-refractivity contribution in [1.29, 1.82) is 0 Å². The van der Waals surface area contributed by atoms with Crippen molar-refractivity contribution in [3.63, 3.8) is 0 Å². The molecule has 3 amide bonds. The third-order valence-corrected chi connectivity index (χ3v) is 6.83. The molecule has 1 fully saturated rings. The van der Waals surface area contributed by atoms with Gasteiger partial charge in [0.25, 0.3) is 5.91 Å². The molecule has 1 aliphatic rings.